The van der Waals surface area contributed by atoms with Crippen molar-refractivity contribution >= 4 is 11.5 Å². The fraction of sp³-hybridized carbons (Fsp3) is 0.0714. The summed E-state index contributed by atoms with van der Waals surface area (Å²) in [5, 5.41) is 0. The summed E-state index contributed by atoms with van der Waals surface area (Å²) in [4.78, 5) is 12.2. The van der Waals surface area contributed by atoms with Gasteiger partial charge in [0.15, 0.2) is 17.4 Å². The van der Waals surface area contributed by atoms with Gasteiger partial charge in [-0.25, -0.2) is 8.78 Å². The summed E-state index contributed by atoms with van der Waals surface area (Å²) in [6, 6.07) is 7.52. The van der Waals surface area contributed by atoms with Gasteiger partial charge in [0.2, 0.25) is 0 Å². The number of hydrogen-bond acceptors (Lipinski definition) is 3. The van der Waals surface area contributed by atoms with Crippen LogP contribution in [-0.4, -0.2) is 12.9 Å². The number of carbonyl (C=O) groups is 1. The van der Waals surface area contributed by atoms with E-state index in [0.29, 0.717) is 11.4 Å². The number of ether oxygens (including phenoxy) is 1. The van der Waals surface area contributed by atoms with Crippen molar-refractivity contribution in [3.05, 3.63) is 59.2 Å². The lowest BCUT2D eigenvalue weighted by Crippen LogP contribution is -2.06. The molecule has 0 fully saturated rings. The molecule has 0 heterocycles. The van der Waals surface area contributed by atoms with Gasteiger partial charge in [0.1, 0.15) is 5.75 Å². The summed E-state index contributed by atoms with van der Waals surface area (Å²) in [5.41, 5.74) is 6.22. The smallest absolute Gasteiger partial charge is 0.196 e. The molecule has 98 valence electrons. The van der Waals surface area contributed by atoms with Crippen LogP contribution in [0.15, 0.2) is 36.4 Å². The predicted molar refractivity (Wildman–Crippen MR) is 67.2 cm³/mol. The molecule has 19 heavy (non-hydrogen) atoms. The third-order valence-corrected chi connectivity index (χ3v) is 2.65. The summed E-state index contributed by atoms with van der Waals surface area (Å²) >= 11 is 0. The van der Waals surface area contributed by atoms with E-state index in [1.54, 1.807) is 12.1 Å². The fourth-order valence-electron chi connectivity index (χ4n) is 1.70. The van der Waals surface area contributed by atoms with Crippen LogP contribution in [0.25, 0.3) is 0 Å². The lowest BCUT2D eigenvalue weighted by Gasteiger charge is -2.08. The molecule has 0 aromatic heterocycles. The quantitative estimate of drug-likeness (QED) is 0.684. The number of carbonyl (C=O) groups excluding carboxylic acids is 1. The zero-order chi connectivity index (χ0) is 14.0. The van der Waals surface area contributed by atoms with Crippen LogP contribution in [0, 0.1) is 11.6 Å². The van der Waals surface area contributed by atoms with E-state index in [1.807, 2.05) is 0 Å². The van der Waals surface area contributed by atoms with Crippen molar-refractivity contribution in [2.75, 3.05) is 12.8 Å². The Hall–Kier alpha value is -2.43. The SMILES string of the molecule is COc1ccc(N)cc1C(=O)c1ccc(F)c(F)c1. The average Bonchev–Trinajstić information content (AvgIpc) is 2.41. The van der Waals surface area contributed by atoms with Crippen LogP contribution >= 0.6 is 0 Å². The molecule has 0 unspecified atom stereocenters. The first-order valence-electron chi connectivity index (χ1n) is 5.46. The van der Waals surface area contributed by atoms with Crippen LogP contribution in [-0.2, 0) is 0 Å². The van der Waals surface area contributed by atoms with E-state index in [4.69, 9.17) is 10.5 Å². The number of nitrogen functional groups attached to an aromatic ring is 1. The molecule has 3 nitrogen and oxygen atoms in total. The van der Waals surface area contributed by atoms with Crippen LogP contribution in [0.5, 0.6) is 5.75 Å². The summed E-state index contributed by atoms with van der Waals surface area (Å²) in [6.07, 6.45) is 0. The first kappa shape index (κ1) is 13.0. The van der Waals surface area contributed by atoms with Gasteiger partial charge in [0, 0.05) is 11.3 Å². The molecule has 2 aromatic rings. The van der Waals surface area contributed by atoms with Gasteiger partial charge >= 0.3 is 0 Å². The number of benzene rings is 2. The minimum absolute atomic E-state index is 0.0304. The number of nitrogens with two attached hydrogens (primary N) is 1. The molecule has 2 N–H and O–H groups in total. The van der Waals surface area contributed by atoms with Gasteiger partial charge < -0.3 is 10.5 Å². The Bertz CT molecular complexity index is 641. The van der Waals surface area contributed by atoms with E-state index in [-0.39, 0.29) is 11.1 Å². The Kier molecular flexibility index (Phi) is 3.46. The summed E-state index contributed by atoms with van der Waals surface area (Å²) in [5.74, 6) is -2.24. The molecule has 0 saturated heterocycles. The van der Waals surface area contributed by atoms with E-state index >= 15 is 0 Å². The third kappa shape index (κ3) is 2.54. The maximum atomic E-state index is 13.1. The zero-order valence-electron chi connectivity index (χ0n) is 10.1. The summed E-state index contributed by atoms with van der Waals surface area (Å²) < 4.78 is 31.0. The van der Waals surface area contributed by atoms with E-state index in [9.17, 15) is 13.6 Å². The Labute approximate surface area is 108 Å². The number of ketones is 1. The number of anilines is 1. The minimum atomic E-state index is -1.08. The van der Waals surface area contributed by atoms with E-state index < -0.39 is 17.4 Å². The predicted octanol–water partition coefficient (Wildman–Crippen LogP) is 2.79. The van der Waals surface area contributed by atoms with Crippen LogP contribution in [0.2, 0.25) is 0 Å². The molecule has 0 aliphatic heterocycles. The van der Waals surface area contributed by atoms with Gasteiger partial charge in [-0.2, -0.15) is 0 Å². The van der Waals surface area contributed by atoms with Crippen molar-refractivity contribution in [1.29, 1.82) is 0 Å². The third-order valence-electron chi connectivity index (χ3n) is 2.65. The number of rotatable bonds is 3. The Balaban J connectivity index is 2.49. The Morgan fingerprint density at radius 3 is 2.47 bits per heavy atom. The van der Waals surface area contributed by atoms with Crippen LogP contribution in [0.1, 0.15) is 15.9 Å². The molecule has 5 heteroatoms. The number of halogens is 2. The van der Waals surface area contributed by atoms with E-state index in [0.717, 1.165) is 12.1 Å². The molecule has 0 atom stereocenters. The molecule has 2 rings (SSSR count). The van der Waals surface area contributed by atoms with Crippen molar-refractivity contribution in [2.45, 2.75) is 0 Å². The Morgan fingerprint density at radius 1 is 1.11 bits per heavy atom. The van der Waals surface area contributed by atoms with Crippen molar-refractivity contribution in [2.24, 2.45) is 0 Å². The fourth-order valence-corrected chi connectivity index (χ4v) is 1.70. The van der Waals surface area contributed by atoms with Gasteiger partial charge in [-0.05, 0) is 36.4 Å². The van der Waals surface area contributed by atoms with E-state index in [1.165, 1.54) is 19.2 Å². The molecule has 0 aliphatic carbocycles. The van der Waals surface area contributed by atoms with Gasteiger partial charge in [-0.3, -0.25) is 4.79 Å². The second-order valence-corrected chi connectivity index (χ2v) is 3.92. The lowest BCUT2D eigenvalue weighted by molar-refractivity contribution is 0.103. The monoisotopic (exact) mass is 263 g/mol. The molecular weight excluding hydrogens is 252 g/mol. The molecule has 0 amide bonds. The molecule has 0 saturated carbocycles. The van der Waals surface area contributed by atoms with Crippen molar-refractivity contribution in [1.82, 2.24) is 0 Å². The molecule has 2 aromatic carbocycles. The highest BCUT2D eigenvalue weighted by molar-refractivity contribution is 6.11. The average molecular weight is 263 g/mol. The van der Waals surface area contributed by atoms with Crippen LogP contribution in [0.3, 0.4) is 0 Å². The molecule has 0 bridgehead atoms. The summed E-state index contributed by atoms with van der Waals surface area (Å²) in [7, 11) is 1.41. The van der Waals surface area contributed by atoms with Crippen molar-refractivity contribution in [3.63, 3.8) is 0 Å². The zero-order valence-corrected chi connectivity index (χ0v) is 10.1. The second kappa shape index (κ2) is 5.06. The lowest BCUT2D eigenvalue weighted by atomic mass is 10.0. The second-order valence-electron chi connectivity index (χ2n) is 3.92. The van der Waals surface area contributed by atoms with Crippen LogP contribution < -0.4 is 10.5 Å². The van der Waals surface area contributed by atoms with Gasteiger partial charge in [0.25, 0.3) is 0 Å². The summed E-state index contributed by atoms with van der Waals surface area (Å²) in [6.45, 7) is 0. The highest BCUT2D eigenvalue weighted by Crippen LogP contribution is 2.24. The molecule has 0 aliphatic rings. The van der Waals surface area contributed by atoms with Gasteiger partial charge in [0.05, 0.1) is 12.7 Å². The van der Waals surface area contributed by atoms with E-state index in [2.05, 4.69) is 0 Å². The molecular formula is C14H11F2NO2. The topological polar surface area (TPSA) is 52.3 Å². The van der Waals surface area contributed by atoms with Gasteiger partial charge in [-0.15, -0.1) is 0 Å². The van der Waals surface area contributed by atoms with Crippen molar-refractivity contribution in [3.8, 4) is 5.75 Å². The van der Waals surface area contributed by atoms with Crippen molar-refractivity contribution < 1.29 is 18.3 Å². The Morgan fingerprint density at radius 2 is 1.84 bits per heavy atom. The standard InChI is InChI=1S/C14H11F2NO2/c1-19-13-5-3-9(17)7-10(13)14(18)8-2-4-11(15)12(16)6-8/h2-7H,17H2,1H3. The maximum absolute atomic E-state index is 13.1. The normalized spacial score (nSPS) is 10.3. The number of methoxy groups -OCH3 is 1. The largest absolute Gasteiger partial charge is 0.496 e. The first-order valence-corrected chi connectivity index (χ1v) is 5.46. The molecule has 0 spiro atoms. The maximum Gasteiger partial charge on any atom is 0.196 e. The van der Waals surface area contributed by atoms with Crippen LogP contribution in [0.4, 0.5) is 14.5 Å². The minimum Gasteiger partial charge on any atom is -0.496 e. The highest BCUT2D eigenvalue weighted by atomic mass is 19.2. The van der Waals surface area contributed by atoms with Gasteiger partial charge in [-0.1, -0.05) is 0 Å². The highest BCUT2D eigenvalue weighted by Gasteiger charge is 2.16. The molecule has 0 radical (unpaired) electrons. The number of hydrogen-bond donors (Lipinski definition) is 1. The first-order chi connectivity index (χ1) is 9.02.